The smallest absolute Gasteiger partial charge is 0.169 e. The molecule has 2 aliphatic carbocycles. The number of rotatable bonds is 3. The fourth-order valence-electron chi connectivity index (χ4n) is 3.99. The summed E-state index contributed by atoms with van der Waals surface area (Å²) in [5.41, 5.74) is -0.0885. The van der Waals surface area contributed by atoms with Gasteiger partial charge in [0.15, 0.2) is 10.9 Å². The fraction of sp³-hybridized carbons (Fsp3) is 0.867. The predicted molar refractivity (Wildman–Crippen MR) is 82.1 cm³/mol. The van der Waals surface area contributed by atoms with Gasteiger partial charge in [0.2, 0.25) is 0 Å². The molecule has 0 radical (unpaired) electrons. The van der Waals surface area contributed by atoms with Crippen LogP contribution in [-0.4, -0.2) is 34.9 Å². The van der Waals surface area contributed by atoms with Crippen LogP contribution in [0.3, 0.4) is 0 Å². The van der Waals surface area contributed by atoms with E-state index in [4.69, 9.17) is 12.2 Å². The van der Waals surface area contributed by atoms with Crippen molar-refractivity contribution in [2.75, 3.05) is 13.1 Å². The van der Waals surface area contributed by atoms with Crippen molar-refractivity contribution >= 4 is 23.1 Å². The molecule has 2 aliphatic rings. The summed E-state index contributed by atoms with van der Waals surface area (Å²) in [4.78, 5) is 14.8. The number of hydrogen-bond acceptors (Lipinski definition) is 2. The maximum absolute atomic E-state index is 12.7. The molecule has 1 N–H and O–H groups in total. The van der Waals surface area contributed by atoms with E-state index in [0.717, 1.165) is 31.0 Å². The molecule has 0 aliphatic heterocycles. The molecule has 3 nitrogen and oxygen atoms in total. The van der Waals surface area contributed by atoms with Gasteiger partial charge in [0, 0.05) is 18.5 Å². The van der Waals surface area contributed by atoms with Crippen LogP contribution in [0.25, 0.3) is 0 Å². The number of carbonyl (C=O) groups is 1. The molecule has 19 heavy (non-hydrogen) atoms. The van der Waals surface area contributed by atoms with Crippen LogP contribution in [0, 0.1) is 16.7 Å². The van der Waals surface area contributed by atoms with Crippen molar-refractivity contribution in [2.45, 2.75) is 53.5 Å². The van der Waals surface area contributed by atoms with Crippen LogP contribution < -0.4 is 5.32 Å². The third kappa shape index (κ3) is 1.91. The molecule has 2 rings (SSSR count). The van der Waals surface area contributed by atoms with E-state index >= 15 is 0 Å². The van der Waals surface area contributed by atoms with Crippen LogP contribution in [0.2, 0.25) is 0 Å². The number of carbonyl (C=O) groups excluding carboxylic acids is 1. The molecule has 0 aromatic rings. The first-order valence-corrected chi connectivity index (χ1v) is 7.80. The maximum Gasteiger partial charge on any atom is 0.169 e. The predicted octanol–water partition coefficient (Wildman–Crippen LogP) is 2.60. The van der Waals surface area contributed by atoms with Crippen molar-refractivity contribution in [2.24, 2.45) is 16.7 Å². The highest BCUT2D eigenvalue weighted by atomic mass is 32.1. The number of nitrogens with one attached hydrogen (secondary N) is 1. The van der Waals surface area contributed by atoms with Crippen LogP contribution in [0.5, 0.6) is 0 Å². The van der Waals surface area contributed by atoms with E-state index < -0.39 is 0 Å². The summed E-state index contributed by atoms with van der Waals surface area (Å²) in [5, 5.41) is 4.08. The van der Waals surface area contributed by atoms with Crippen LogP contribution in [0.4, 0.5) is 0 Å². The number of fused-ring (bicyclic) bond motifs is 2. The van der Waals surface area contributed by atoms with Crippen LogP contribution in [-0.2, 0) is 4.79 Å². The van der Waals surface area contributed by atoms with Crippen molar-refractivity contribution in [3.8, 4) is 0 Å². The Morgan fingerprint density at radius 3 is 2.37 bits per heavy atom. The van der Waals surface area contributed by atoms with Crippen molar-refractivity contribution in [3.05, 3.63) is 0 Å². The first kappa shape index (κ1) is 14.8. The molecule has 2 saturated carbocycles. The molecule has 3 atom stereocenters. The third-order valence-corrected chi connectivity index (χ3v) is 6.24. The van der Waals surface area contributed by atoms with Crippen LogP contribution >= 0.6 is 12.2 Å². The lowest BCUT2D eigenvalue weighted by atomic mass is 9.70. The minimum absolute atomic E-state index is 0.0816. The van der Waals surface area contributed by atoms with E-state index in [1.54, 1.807) is 0 Å². The van der Waals surface area contributed by atoms with E-state index in [1.807, 2.05) is 0 Å². The first-order chi connectivity index (χ1) is 8.79. The monoisotopic (exact) mass is 282 g/mol. The topological polar surface area (TPSA) is 32.3 Å². The van der Waals surface area contributed by atoms with Gasteiger partial charge in [0.25, 0.3) is 0 Å². The second-order valence-corrected chi connectivity index (χ2v) is 7.05. The molecule has 108 valence electrons. The van der Waals surface area contributed by atoms with Gasteiger partial charge in [-0.2, -0.15) is 0 Å². The summed E-state index contributed by atoms with van der Waals surface area (Å²) >= 11 is 5.45. The molecule has 3 unspecified atom stereocenters. The summed E-state index contributed by atoms with van der Waals surface area (Å²) in [7, 11) is 0. The summed E-state index contributed by atoms with van der Waals surface area (Å²) in [6.07, 6.45) is 2.16. The highest BCUT2D eigenvalue weighted by molar-refractivity contribution is 7.80. The average Bonchev–Trinajstić information content (AvgIpc) is 2.65. The molecule has 4 heteroatoms. The van der Waals surface area contributed by atoms with Gasteiger partial charge in [-0.25, -0.2) is 0 Å². The average molecular weight is 282 g/mol. The first-order valence-electron chi connectivity index (χ1n) is 7.39. The van der Waals surface area contributed by atoms with Crippen molar-refractivity contribution in [3.63, 3.8) is 0 Å². The Bertz CT molecular complexity index is 403. The van der Waals surface area contributed by atoms with Crippen LogP contribution in [0.15, 0.2) is 0 Å². The number of ketones is 1. The number of hydrogen-bond donors (Lipinski definition) is 1. The standard InChI is InChI=1S/C15H26N2OS/c1-6-17(7-2)13(19)16-11-10-8-9-15(5,12(11)18)14(10,3)4/h10-11H,6-9H2,1-5H3,(H,16,19). The van der Waals surface area contributed by atoms with Gasteiger partial charge in [0.1, 0.15) is 0 Å². The molecule has 0 aromatic heterocycles. The second-order valence-electron chi connectivity index (χ2n) is 6.66. The van der Waals surface area contributed by atoms with Gasteiger partial charge in [0.05, 0.1) is 6.04 Å². The van der Waals surface area contributed by atoms with Crippen molar-refractivity contribution < 1.29 is 4.79 Å². The fourth-order valence-corrected chi connectivity index (χ4v) is 4.37. The highest BCUT2D eigenvalue weighted by Crippen LogP contribution is 2.63. The Hall–Kier alpha value is -0.640. The SMILES string of the molecule is CCN(CC)C(=S)NC1C(=O)C2(C)CCC1C2(C)C. The summed E-state index contributed by atoms with van der Waals surface area (Å²) < 4.78 is 0. The van der Waals surface area contributed by atoms with Gasteiger partial charge in [-0.1, -0.05) is 20.8 Å². The normalized spacial score (nSPS) is 35.5. The second kappa shape index (κ2) is 4.72. The minimum atomic E-state index is -0.172. The maximum atomic E-state index is 12.7. The van der Waals surface area contributed by atoms with E-state index in [-0.39, 0.29) is 16.9 Å². The molecule has 2 fully saturated rings. The zero-order chi connectivity index (χ0) is 14.4. The summed E-state index contributed by atoms with van der Waals surface area (Å²) in [6.45, 7) is 12.6. The summed E-state index contributed by atoms with van der Waals surface area (Å²) in [5.74, 6) is 0.779. The Morgan fingerprint density at radius 1 is 1.37 bits per heavy atom. The van der Waals surface area contributed by atoms with Gasteiger partial charge in [-0.05, 0) is 50.2 Å². The molecule has 0 aromatic carbocycles. The Kier molecular flexibility index (Phi) is 3.67. The molecule has 0 saturated heterocycles. The number of thiocarbonyl (C=S) groups is 1. The molecular weight excluding hydrogens is 256 g/mol. The zero-order valence-corrected chi connectivity index (χ0v) is 13.6. The van der Waals surface area contributed by atoms with E-state index in [9.17, 15) is 4.79 Å². The minimum Gasteiger partial charge on any atom is -0.352 e. The number of Topliss-reactive ketones (excluding diaryl/α,β-unsaturated/α-hetero) is 1. The lowest BCUT2D eigenvalue weighted by molar-refractivity contribution is -0.129. The molecular formula is C15H26N2OS. The van der Waals surface area contributed by atoms with Gasteiger partial charge in [-0.15, -0.1) is 0 Å². The molecule has 0 heterocycles. The Labute approximate surface area is 122 Å². The summed E-state index contributed by atoms with van der Waals surface area (Å²) in [6, 6.07) is -0.0816. The van der Waals surface area contributed by atoms with Gasteiger partial charge < -0.3 is 10.2 Å². The van der Waals surface area contributed by atoms with Gasteiger partial charge in [-0.3, -0.25) is 4.79 Å². The highest BCUT2D eigenvalue weighted by Gasteiger charge is 2.66. The Balaban J connectivity index is 2.16. The van der Waals surface area contributed by atoms with E-state index in [0.29, 0.717) is 11.7 Å². The molecule has 2 bridgehead atoms. The quantitative estimate of drug-likeness (QED) is 0.807. The van der Waals surface area contributed by atoms with Gasteiger partial charge >= 0.3 is 0 Å². The molecule has 0 amide bonds. The number of nitrogens with zero attached hydrogens (tertiary/aromatic N) is 1. The van der Waals surface area contributed by atoms with E-state index in [1.165, 1.54) is 0 Å². The lowest BCUT2D eigenvalue weighted by Crippen LogP contribution is -2.51. The third-order valence-electron chi connectivity index (χ3n) is 5.86. The Morgan fingerprint density at radius 2 is 1.95 bits per heavy atom. The largest absolute Gasteiger partial charge is 0.352 e. The zero-order valence-electron chi connectivity index (χ0n) is 12.7. The lowest BCUT2D eigenvalue weighted by Gasteiger charge is -2.32. The molecule has 0 spiro atoms. The van der Waals surface area contributed by atoms with Crippen molar-refractivity contribution in [1.82, 2.24) is 10.2 Å². The van der Waals surface area contributed by atoms with Crippen molar-refractivity contribution in [1.29, 1.82) is 0 Å². The van der Waals surface area contributed by atoms with E-state index in [2.05, 4.69) is 44.8 Å². The van der Waals surface area contributed by atoms with Crippen LogP contribution in [0.1, 0.15) is 47.5 Å².